The summed E-state index contributed by atoms with van der Waals surface area (Å²) in [6.45, 7) is 1.55. The van der Waals surface area contributed by atoms with Gasteiger partial charge < -0.3 is 5.11 Å². The summed E-state index contributed by atoms with van der Waals surface area (Å²) in [6.07, 6.45) is 0.683. The maximum Gasteiger partial charge on any atom is 0.185 e. The highest BCUT2D eigenvalue weighted by molar-refractivity contribution is 9.10. The van der Waals surface area contributed by atoms with Crippen LogP contribution in [-0.2, 0) is 4.79 Å². The van der Waals surface area contributed by atoms with Crippen LogP contribution >= 0.6 is 27.7 Å². The first-order chi connectivity index (χ1) is 7.59. The average Bonchev–Trinajstić information content (AvgIpc) is 2.22. The van der Waals surface area contributed by atoms with Crippen molar-refractivity contribution in [1.82, 2.24) is 0 Å². The summed E-state index contributed by atoms with van der Waals surface area (Å²) in [5.41, 5.74) is 0.845. The molecule has 1 aromatic rings. The summed E-state index contributed by atoms with van der Waals surface area (Å²) < 4.78 is 0.636. The van der Waals surface area contributed by atoms with E-state index < -0.39 is 0 Å². The van der Waals surface area contributed by atoms with Crippen LogP contribution in [0.15, 0.2) is 22.7 Å². The Bertz CT molecular complexity index is 446. The van der Waals surface area contributed by atoms with Gasteiger partial charge in [0.25, 0.3) is 0 Å². The van der Waals surface area contributed by atoms with Crippen LogP contribution in [-0.4, -0.2) is 16.0 Å². The van der Waals surface area contributed by atoms with Crippen LogP contribution in [0.4, 0.5) is 0 Å². The Morgan fingerprint density at radius 3 is 2.94 bits per heavy atom. The van der Waals surface area contributed by atoms with Gasteiger partial charge in [0, 0.05) is 24.7 Å². The van der Waals surface area contributed by atoms with Gasteiger partial charge in [0.15, 0.2) is 5.12 Å². The van der Waals surface area contributed by atoms with E-state index in [-0.39, 0.29) is 10.9 Å². The van der Waals surface area contributed by atoms with Crippen LogP contribution in [0.25, 0.3) is 0 Å². The van der Waals surface area contributed by atoms with Crippen LogP contribution in [0.2, 0.25) is 0 Å². The first kappa shape index (κ1) is 13.1. The predicted molar refractivity (Wildman–Crippen MR) is 70.4 cm³/mol. The van der Waals surface area contributed by atoms with Crippen LogP contribution in [0.3, 0.4) is 0 Å². The fourth-order valence-electron chi connectivity index (χ4n) is 0.995. The zero-order chi connectivity index (χ0) is 12.0. The van der Waals surface area contributed by atoms with Crippen molar-refractivity contribution in [2.75, 3.05) is 5.75 Å². The molecule has 0 atom stereocenters. The Hall–Kier alpha value is -0.920. The van der Waals surface area contributed by atoms with E-state index in [0.29, 0.717) is 10.9 Å². The lowest BCUT2D eigenvalue weighted by atomic mass is 10.2. The number of hydrogen-bond donors (Lipinski definition) is 1. The number of hydrogen-bond acceptors (Lipinski definition) is 3. The van der Waals surface area contributed by atoms with Crippen molar-refractivity contribution < 1.29 is 9.90 Å². The zero-order valence-electron chi connectivity index (χ0n) is 8.79. The molecular formula is C12H11BrO2S. The SMILES string of the molecule is CC(=O)SCCC#Cc1ccc(O)c(Br)c1. The normalized spacial score (nSPS) is 9.38. The molecule has 16 heavy (non-hydrogen) atoms. The lowest BCUT2D eigenvalue weighted by molar-refractivity contribution is -0.109. The van der Waals surface area contributed by atoms with E-state index in [4.69, 9.17) is 0 Å². The summed E-state index contributed by atoms with van der Waals surface area (Å²) in [6, 6.07) is 5.12. The Morgan fingerprint density at radius 2 is 2.31 bits per heavy atom. The zero-order valence-corrected chi connectivity index (χ0v) is 11.2. The molecule has 1 aromatic carbocycles. The molecule has 4 heteroatoms. The predicted octanol–water partition coefficient (Wildman–Crippen LogP) is 3.18. The molecule has 0 aliphatic heterocycles. The number of aromatic hydroxyl groups is 1. The molecule has 0 unspecified atom stereocenters. The first-order valence-corrected chi connectivity index (χ1v) is 6.48. The summed E-state index contributed by atoms with van der Waals surface area (Å²) in [4.78, 5) is 10.6. The molecule has 0 radical (unpaired) electrons. The van der Waals surface area contributed by atoms with E-state index in [1.165, 1.54) is 11.8 Å². The van der Waals surface area contributed by atoms with Gasteiger partial charge in [-0.3, -0.25) is 4.79 Å². The van der Waals surface area contributed by atoms with Gasteiger partial charge in [0.1, 0.15) is 5.75 Å². The van der Waals surface area contributed by atoms with Crippen LogP contribution in [0, 0.1) is 11.8 Å². The Kier molecular flexibility index (Phi) is 5.44. The Labute approximate surface area is 108 Å². The van der Waals surface area contributed by atoms with Gasteiger partial charge in [-0.2, -0.15) is 0 Å². The van der Waals surface area contributed by atoms with Crippen molar-refractivity contribution >= 4 is 32.8 Å². The fourth-order valence-corrected chi connectivity index (χ4v) is 1.87. The lowest BCUT2D eigenvalue weighted by Crippen LogP contribution is -1.84. The number of carbonyl (C=O) groups is 1. The van der Waals surface area contributed by atoms with Crippen molar-refractivity contribution in [3.63, 3.8) is 0 Å². The van der Waals surface area contributed by atoms with Crippen LogP contribution in [0.5, 0.6) is 5.75 Å². The average molecular weight is 299 g/mol. The van der Waals surface area contributed by atoms with Gasteiger partial charge in [-0.25, -0.2) is 0 Å². The molecule has 0 spiro atoms. The lowest BCUT2D eigenvalue weighted by Gasteiger charge is -1.96. The van der Waals surface area contributed by atoms with E-state index in [1.807, 2.05) is 0 Å². The highest BCUT2D eigenvalue weighted by Gasteiger charge is 1.96. The molecule has 0 heterocycles. The molecule has 0 aromatic heterocycles. The highest BCUT2D eigenvalue weighted by atomic mass is 79.9. The molecule has 0 amide bonds. The van der Waals surface area contributed by atoms with Crippen molar-refractivity contribution in [3.05, 3.63) is 28.2 Å². The third kappa shape index (κ3) is 4.73. The van der Waals surface area contributed by atoms with E-state index in [2.05, 4.69) is 27.8 Å². The largest absolute Gasteiger partial charge is 0.507 e. The van der Waals surface area contributed by atoms with E-state index >= 15 is 0 Å². The quantitative estimate of drug-likeness (QED) is 0.673. The van der Waals surface area contributed by atoms with Crippen molar-refractivity contribution in [1.29, 1.82) is 0 Å². The molecule has 2 nitrogen and oxygen atoms in total. The maximum atomic E-state index is 10.6. The molecule has 0 aliphatic carbocycles. The molecule has 84 valence electrons. The molecular weight excluding hydrogens is 288 g/mol. The molecule has 0 aliphatic rings. The number of benzene rings is 1. The smallest absolute Gasteiger partial charge is 0.185 e. The summed E-state index contributed by atoms with van der Waals surface area (Å²) in [5.74, 6) is 6.88. The molecule has 0 saturated carbocycles. The van der Waals surface area contributed by atoms with Gasteiger partial charge in [0.2, 0.25) is 0 Å². The van der Waals surface area contributed by atoms with Crippen LogP contribution in [0.1, 0.15) is 18.9 Å². The number of rotatable bonds is 2. The summed E-state index contributed by atoms with van der Waals surface area (Å²) >= 11 is 4.50. The minimum absolute atomic E-state index is 0.120. The molecule has 0 bridgehead atoms. The molecule has 1 rings (SSSR count). The molecule has 0 saturated heterocycles. The number of phenolic OH excluding ortho intramolecular Hbond substituents is 1. The molecule has 0 fully saturated rings. The number of halogens is 1. The van der Waals surface area contributed by atoms with Crippen LogP contribution < -0.4 is 0 Å². The first-order valence-electron chi connectivity index (χ1n) is 4.70. The third-order valence-electron chi connectivity index (χ3n) is 1.71. The van der Waals surface area contributed by atoms with Gasteiger partial charge in [0.05, 0.1) is 4.47 Å². The van der Waals surface area contributed by atoms with Gasteiger partial charge in [-0.05, 0) is 34.1 Å². The maximum absolute atomic E-state index is 10.6. The highest BCUT2D eigenvalue weighted by Crippen LogP contribution is 2.23. The van der Waals surface area contributed by atoms with Crippen molar-refractivity contribution in [2.45, 2.75) is 13.3 Å². The van der Waals surface area contributed by atoms with E-state index in [9.17, 15) is 9.90 Å². The van der Waals surface area contributed by atoms with E-state index in [0.717, 1.165) is 11.3 Å². The summed E-state index contributed by atoms with van der Waals surface area (Å²) in [7, 11) is 0. The monoisotopic (exact) mass is 298 g/mol. The Balaban J connectivity index is 2.50. The van der Waals surface area contributed by atoms with Gasteiger partial charge >= 0.3 is 0 Å². The van der Waals surface area contributed by atoms with E-state index in [1.54, 1.807) is 25.1 Å². The molecule has 1 N–H and O–H groups in total. The minimum Gasteiger partial charge on any atom is -0.507 e. The number of carbonyl (C=O) groups excluding carboxylic acids is 1. The number of phenols is 1. The van der Waals surface area contributed by atoms with Gasteiger partial charge in [-0.15, -0.1) is 0 Å². The second-order valence-electron chi connectivity index (χ2n) is 3.06. The Morgan fingerprint density at radius 1 is 1.56 bits per heavy atom. The fraction of sp³-hybridized carbons (Fsp3) is 0.250. The second-order valence-corrected chi connectivity index (χ2v) is 5.18. The van der Waals surface area contributed by atoms with Crippen molar-refractivity contribution in [2.24, 2.45) is 0 Å². The standard InChI is InChI=1S/C12H11BrO2S/c1-9(14)16-7-3-2-4-10-5-6-12(15)11(13)8-10/h5-6,8,15H,3,7H2,1H3. The summed E-state index contributed by atoms with van der Waals surface area (Å²) in [5, 5.41) is 9.40. The van der Waals surface area contributed by atoms with Crippen molar-refractivity contribution in [3.8, 4) is 17.6 Å². The second kappa shape index (κ2) is 6.62. The topological polar surface area (TPSA) is 37.3 Å². The van der Waals surface area contributed by atoms with Gasteiger partial charge in [-0.1, -0.05) is 23.6 Å². The number of thioether (sulfide) groups is 1. The third-order valence-corrected chi connectivity index (χ3v) is 3.16. The minimum atomic E-state index is 0.120.